The molecule has 1 rings (SSSR count). The fourth-order valence-electron chi connectivity index (χ4n) is 1.33. The van der Waals surface area contributed by atoms with Crippen molar-refractivity contribution in [2.24, 2.45) is 0 Å². The molecule has 1 aliphatic rings. The van der Waals surface area contributed by atoms with Crippen molar-refractivity contribution in [2.45, 2.75) is 25.5 Å². The van der Waals surface area contributed by atoms with Crippen LogP contribution in [0.2, 0.25) is 0 Å². The Hall–Kier alpha value is 0.810. The lowest BCUT2D eigenvalue weighted by atomic mass is 10.2. The third-order valence-electron chi connectivity index (χ3n) is 2.31. The maximum absolute atomic E-state index is 11.2. The number of rotatable bonds is 2. The maximum Gasteiger partial charge on any atom is 0.336 e. The van der Waals surface area contributed by atoms with Crippen LogP contribution in [0.5, 0.6) is 0 Å². The van der Waals surface area contributed by atoms with Gasteiger partial charge in [0.15, 0.2) is 6.10 Å². The Labute approximate surface area is 113 Å². The van der Waals surface area contributed by atoms with E-state index in [1.165, 1.54) is 14.2 Å². The highest BCUT2D eigenvalue weighted by atomic mass is 128. The summed E-state index contributed by atoms with van der Waals surface area (Å²) in [5.41, 5.74) is 0. The average Bonchev–Trinajstić information content (AvgIpc) is 2.58. The van der Waals surface area contributed by atoms with Crippen molar-refractivity contribution in [2.75, 3.05) is 21.3 Å². The van der Waals surface area contributed by atoms with Gasteiger partial charge in [0.05, 0.1) is 7.11 Å². The van der Waals surface area contributed by atoms with Gasteiger partial charge in [0.25, 0.3) is 0 Å². The smallest absolute Gasteiger partial charge is 0.336 e. The molecule has 3 unspecified atom stereocenters. The first-order valence-corrected chi connectivity index (χ1v) is 10.5. The number of ether oxygens (including phenoxy) is 3. The van der Waals surface area contributed by atoms with Crippen molar-refractivity contribution in [1.29, 1.82) is 0 Å². The van der Waals surface area contributed by atoms with Gasteiger partial charge in [0.2, 0.25) is 6.41 Å². The minimum atomic E-state index is -0.556. The third-order valence-corrected chi connectivity index (χ3v) is 2.31. The van der Waals surface area contributed by atoms with E-state index in [0.717, 1.165) is 0 Å². The Balaban J connectivity index is 0.000000921. The van der Waals surface area contributed by atoms with Crippen molar-refractivity contribution in [3.63, 3.8) is 0 Å². The van der Waals surface area contributed by atoms with Crippen LogP contribution in [0, 0.1) is 0 Å². The van der Waals surface area contributed by atoms with Gasteiger partial charge < -0.3 is 14.2 Å². The molecule has 5 nitrogen and oxygen atoms in total. The number of esters is 1. The SMILES string of the molecule is COC(=O)C1OC(OC)N(C)C1C.II. The lowest BCUT2D eigenvalue weighted by molar-refractivity contribution is -0.182. The molecular formula is C8H15I2NO4. The normalized spacial score (nSPS) is 30.7. The second-order valence-electron chi connectivity index (χ2n) is 3.03. The maximum atomic E-state index is 11.2. The van der Waals surface area contributed by atoms with Crippen LogP contribution in [0.3, 0.4) is 0 Å². The first kappa shape index (κ1) is 15.8. The van der Waals surface area contributed by atoms with Crippen molar-refractivity contribution in [3.8, 4) is 0 Å². The summed E-state index contributed by atoms with van der Waals surface area (Å²) in [6.45, 7) is 1.89. The van der Waals surface area contributed by atoms with Gasteiger partial charge in [-0.05, 0) is 14.0 Å². The van der Waals surface area contributed by atoms with E-state index in [2.05, 4.69) is 42.0 Å². The van der Waals surface area contributed by atoms with Gasteiger partial charge in [-0.2, -0.15) is 0 Å². The highest BCUT2D eigenvalue weighted by Gasteiger charge is 2.42. The zero-order valence-electron chi connectivity index (χ0n) is 9.07. The second-order valence-corrected chi connectivity index (χ2v) is 3.03. The molecule has 1 heterocycles. The zero-order chi connectivity index (χ0) is 12.0. The molecule has 0 N–H and O–H groups in total. The van der Waals surface area contributed by atoms with Gasteiger partial charge in [-0.15, -0.1) is 0 Å². The van der Waals surface area contributed by atoms with Crippen LogP contribution in [-0.4, -0.2) is 50.7 Å². The Morgan fingerprint density at radius 1 is 1.40 bits per heavy atom. The number of hydrogen-bond donors (Lipinski definition) is 0. The van der Waals surface area contributed by atoms with E-state index in [1.54, 1.807) is 0 Å². The van der Waals surface area contributed by atoms with E-state index in [0.29, 0.717) is 0 Å². The van der Waals surface area contributed by atoms with Crippen LogP contribution in [0.25, 0.3) is 0 Å². The molecule has 3 atom stereocenters. The summed E-state index contributed by atoms with van der Waals surface area (Å²) in [7, 11) is 4.72. The van der Waals surface area contributed by atoms with Crippen molar-refractivity contribution in [1.82, 2.24) is 4.90 Å². The molecule has 7 heteroatoms. The lowest BCUT2D eigenvalue weighted by Gasteiger charge is -2.18. The molecule has 0 bridgehead atoms. The van der Waals surface area contributed by atoms with Gasteiger partial charge in [-0.25, -0.2) is 4.79 Å². The molecule has 1 fully saturated rings. The number of methoxy groups -OCH3 is 2. The van der Waals surface area contributed by atoms with Gasteiger partial charge in [0, 0.05) is 50.4 Å². The number of carbonyl (C=O) groups is 1. The molecule has 90 valence electrons. The molecule has 1 saturated heterocycles. The van der Waals surface area contributed by atoms with Gasteiger partial charge in [-0.1, -0.05) is 0 Å². The largest absolute Gasteiger partial charge is 0.467 e. The van der Waals surface area contributed by atoms with Crippen LogP contribution >= 0.6 is 37.2 Å². The number of nitrogens with zero attached hydrogens (tertiary/aromatic N) is 1. The molecule has 0 spiro atoms. The predicted octanol–water partition coefficient (Wildman–Crippen LogP) is 1.58. The summed E-state index contributed by atoms with van der Waals surface area (Å²) >= 11 is 4.24. The van der Waals surface area contributed by atoms with Crippen molar-refractivity contribution in [3.05, 3.63) is 0 Å². The van der Waals surface area contributed by atoms with Gasteiger partial charge in [0.1, 0.15) is 0 Å². The minimum Gasteiger partial charge on any atom is -0.467 e. The van der Waals surface area contributed by atoms with E-state index < -0.39 is 12.5 Å². The van der Waals surface area contributed by atoms with Crippen LogP contribution in [0.1, 0.15) is 6.92 Å². The number of halogens is 2. The monoisotopic (exact) mass is 443 g/mol. The first-order valence-electron chi connectivity index (χ1n) is 4.24. The lowest BCUT2D eigenvalue weighted by Crippen LogP contribution is -2.36. The quantitative estimate of drug-likeness (QED) is 0.480. The fourth-order valence-corrected chi connectivity index (χ4v) is 1.33. The molecule has 0 amide bonds. The van der Waals surface area contributed by atoms with Crippen LogP contribution in [0.4, 0.5) is 0 Å². The number of likely N-dealkylation sites (N-methyl/N-ethyl adjacent to an activating group) is 1. The summed E-state index contributed by atoms with van der Waals surface area (Å²) in [5, 5.41) is 0. The molecule has 15 heavy (non-hydrogen) atoms. The van der Waals surface area contributed by atoms with Crippen LogP contribution < -0.4 is 0 Å². The van der Waals surface area contributed by atoms with E-state index in [-0.39, 0.29) is 12.0 Å². The zero-order valence-corrected chi connectivity index (χ0v) is 13.4. The minimum absolute atomic E-state index is 0.0302. The van der Waals surface area contributed by atoms with Gasteiger partial charge in [-0.3, -0.25) is 4.90 Å². The van der Waals surface area contributed by atoms with Crippen LogP contribution in [0.15, 0.2) is 0 Å². The second kappa shape index (κ2) is 7.98. The fraction of sp³-hybridized carbons (Fsp3) is 0.875. The highest BCUT2D eigenvalue weighted by Crippen LogP contribution is 2.22. The molecular weight excluding hydrogens is 428 g/mol. The Kier molecular flexibility index (Phi) is 8.41. The number of carbonyl (C=O) groups excluding carboxylic acids is 1. The van der Waals surface area contributed by atoms with Gasteiger partial charge >= 0.3 is 5.97 Å². The molecule has 0 aromatic heterocycles. The summed E-state index contributed by atoms with van der Waals surface area (Å²) in [5.74, 6) is -0.362. The molecule has 0 aromatic carbocycles. The molecule has 0 radical (unpaired) electrons. The highest BCUT2D eigenvalue weighted by molar-refractivity contribution is 15.0. The standard InChI is InChI=1S/C8H15NO4.I2/c1-5-6(7(10)11-3)13-8(12-4)9(5)2;1-2/h5-6,8H,1-4H3;. The molecule has 0 aromatic rings. The predicted molar refractivity (Wildman–Crippen MR) is 73.0 cm³/mol. The Morgan fingerprint density at radius 2 is 1.93 bits per heavy atom. The summed E-state index contributed by atoms with van der Waals surface area (Å²) in [4.78, 5) is 13.0. The third kappa shape index (κ3) is 3.95. The Bertz CT molecular complexity index is 205. The number of hydrogen-bond acceptors (Lipinski definition) is 5. The van der Waals surface area contributed by atoms with E-state index >= 15 is 0 Å². The Morgan fingerprint density at radius 3 is 2.27 bits per heavy atom. The van der Waals surface area contributed by atoms with Crippen molar-refractivity contribution < 1.29 is 19.0 Å². The summed E-state index contributed by atoms with van der Waals surface area (Å²) in [6.07, 6.45) is -1.01. The molecule has 1 aliphatic heterocycles. The van der Waals surface area contributed by atoms with E-state index in [1.807, 2.05) is 18.9 Å². The molecule has 0 aliphatic carbocycles. The average molecular weight is 443 g/mol. The molecule has 0 saturated carbocycles. The van der Waals surface area contributed by atoms with E-state index in [4.69, 9.17) is 9.47 Å². The van der Waals surface area contributed by atoms with Crippen LogP contribution in [-0.2, 0) is 19.0 Å². The topological polar surface area (TPSA) is 48.0 Å². The van der Waals surface area contributed by atoms with Crippen molar-refractivity contribution >= 4 is 43.2 Å². The summed E-state index contributed by atoms with van der Waals surface area (Å²) in [6, 6.07) is -0.0302. The first-order chi connectivity index (χ1) is 7.11. The van der Waals surface area contributed by atoms with E-state index in [9.17, 15) is 4.79 Å². The summed E-state index contributed by atoms with van der Waals surface area (Å²) < 4.78 is 14.9.